The van der Waals surface area contributed by atoms with Crippen molar-refractivity contribution in [3.05, 3.63) is 30.5 Å². The first-order chi connectivity index (χ1) is 13.7. The summed E-state index contributed by atoms with van der Waals surface area (Å²) in [5, 5.41) is 11.0. The van der Waals surface area contributed by atoms with Crippen molar-refractivity contribution in [2.75, 3.05) is 11.9 Å². The summed E-state index contributed by atoms with van der Waals surface area (Å²) in [7, 11) is 0. The number of nitrogens with one attached hydrogen (secondary N) is 2. The van der Waals surface area contributed by atoms with Crippen LogP contribution in [-0.4, -0.2) is 45.2 Å². The molecule has 0 aromatic carbocycles. The zero-order valence-electron chi connectivity index (χ0n) is 15.5. The van der Waals surface area contributed by atoms with E-state index >= 15 is 0 Å². The number of hydrogen-bond donors (Lipinski definition) is 2. The normalized spacial score (nSPS) is 21.6. The van der Waals surface area contributed by atoms with Gasteiger partial charge in [0.25, 0.3) is 0 Å². The molecule has 2 aromatic heterocycles. The van der Waals surface area contributed by atoms with Crippen molar-refractivity contribution in [2.24, 2.45) is 10.9 Å². The number of halogens is 3. The molecule has 1 fully saturated rings. The van der Waals surface area contributed by atoms with E-state index in [1.165, 1.54) is 12.4 Å². The second-order valence-corrected chi connectivity index (χ2v) is 7.39. The number of aliphatic imine (C=N–C) groups is 1. The molecule has 0 radical (unpaired) electrons. The fourth-order valence-corrected chi connectivity index (χ4v) is 2.90. The molecular formula is C18H19F3N6O2. The van der Waals surface area contributed by atoms with Crippen LogP contribution in [0.15, 0.2) is 35.5 Å². The molecule has 1 amide bonds. The number of anilines is 1. The molecule has 0 spiro atoms. The third-order valence-corrected chi connectivity index (χ3v) is 4.55. The molecule has 1 saturated carbocycles. The van der Waals surface area contributed by atoms with Crippen LogP contribution in [0.5, 0.6) is 0 Å². The summed E-state index contributed by atoms with van der Waals surface area (Å²) in [4.78, 5) is 20.2. The number of pyridine rings is 1. The molecule has 154 valence electrons. The van der Waals surface area contributed by atoms with Crippen molar-refractivity contribution < 1.29 is 22.7 Å². The molecule has 3 heterocycles. The zero-order chi connectivity index (χ0) is 20.6. The monoisotopic (exact) mass is 408 g/mol. The molecule has 4 rings (SSSR count). The maximum absolute atomic E-state index is 12.2. The van der Waals surface area contributed by atoms with Gasteiger partial charge in [-0.15, -0.1) is 0 Å². The average molecular weight is 408 g/mol. The number of nitrogens with zero attached hydrogens (tertiary/aromatic N) is 4. The first-order valence-electron chi connectivity index (χ1n) is 9.06. The minimum absolute atomic E-state index is 0.0395. The van der Waals surface area contributed by atoms with E-state index in [0.717, 1.165) is 12.8 Å². The van der Waals surface area contributed by atoms with E-state index < -0.39 is 18.3 Å². The molecule has 0 bridgehead atoms. The van der Waals surface area contributed by atoms with Crippen molar-refractivity contribution in [3.63, 3.8) is 0 Å². The first kappa shape index (κ1) is 19.2. The van der Waals surface area contributed by atoms with E-state index in [0.29, 0.717) is 23.3 Å². The van der Waals surface area contributed by atoms with Gasteiger partial charge in [0.05, 0.1) is 29.2 Å². The molecule has 2 N–H and O–H groups in total. The van der Waals surface area contributed by atoms with E-state index in [2.05, 4.69) is 30.4 Å². The molecule has 29 heavy (non-hydrogen) atoms. The van der Waals surface area contributed by atoms with Crippen molar-refractivity contribution in [1.82, 2.24) is 20.1 Å². The number of rotatable bonds is 6. The van der Waals surface area contributed by atoms with Gasteiger partial charge in [0, 0.05) is 24.5 Å². The highest BCUT2D eigenvalue weighted by Gasteiger charge is 2.31. The van der Waals surface area contributed by atoms with Gasteiger partial charge in [-0.1, -0.05) is 0 Å². The highest BCUT2D eigenvalue weighted by atomic mass is 19.4. The van der Waals surface area contributed by atoms with Crippen molar-refractivity contribution >= 4 is 28.8 Å². The number of amides is 1. The Balaban J connectivity index is 1.45. The molecular weight excluding hydrogens is 389 g/mol. The van der Waals surface area contributed by atoms with Crippen LogP contribution in [-0.2, 0) is 16.1 Å². The second-order valence-electron chi connectivity index (χ2n) is 7.39. The van der Waals surface area contributed by atoms with E-state index in [1.807, 2.05) is 6.92 Å². The van der Waals surface area contributed by atoms with E-state index in [9.17, 15) is 18.0 Å². The van der Waals surface area contributed by atoms with Crippen LogP contribution in [0, 0.1) is 5.92 Å². The van der Waals surface area contributed by atoms with Crippen molar-refractivity contribution in [3.8, 4) is 0 Å². The lowest BCUT2D eigenvalue weighted by molar-refractivity contribution is -0.165. The molecule has 2 aromatic rings. The highest BCUT2D eigenvalue weighted by Crippen LogP contribution is 2.31. The van der Waals surface area contributed by atoms with Crippen LogP contribution in [0.25, 0.3) is 10.9 Å². The largest absolute Gasteiger partial charge is 0.467 e. The Labute approximate surface area is 163 Å². The third kappa shape index (κ3) is 4.66. The molecule has 1 aliphatic heterocycles. The Bertz CT molecular complexity index is 995. The Morgan fingerprint density at radius 2 is 2.24 bits per heavy atom. The number of ether oxygens (including phenoxy) is 1. The van der Waals surface area contributed by atoms with Gasteiger partial charge in [-0.3, -0.25) is 9.48 Å². The number of fused-ring (bicyclic) bond motifs is 1. The number of hydrogen-bond acceptors (Lipinski definition) is 6. The number of alkyl halides is 3. The Kier molecular flexibility index (Phi) is 4.67. The minimum atomic E-state index is -4.42. The number of aromatic nitrogens is 3. The van der Waals surface area contributed by atoms with Crippen molar-refractivity contribution in [1.29, 1.82) is 0 Å². The van der Waals surface area contributed by atoms with Gasteiger partial charge in [0.15, 0.2) is 6.61 Å². The standard InChI is InChI=1S/C18H19F3N6O2/c1-17(8-23-14(6-24-17)29-10-18(19,20)21)9-27-7-12-13(26-27)4-5-22-15(12)25-16(28)11-2-3-11/h4-8,11,24H,2-3,9-10H2,1H3,(H,22,25,28). The lowest BCUT2D eigenvalue weighted by Crippen LogP contribution is -2.46. The number of carbonyl (C=O) groups excluding carboxylic acids is 1. The Morgan fingerprint density at radius 1 is 1.45 bits per heavy atom. The summed E-state index contributed by atoms with van der Waals surface area (Å²) < 4.78 is 43.0. The fourth-order valence-electron chi connectivity index (χ4n) is 2.90. The number of carbonyl (C=O) groups is 1. The van der Waals surface area contributed by atoms with Gasteiger partial charge >= 0.3 is 6.18 Å². The SMILES string of the molecule is CC1(Cn2cc3c(NC(=O)C4CC4)nccc3n2)C=NC(OCC(F)(F)F)=CN1. The van der Waals surface area contributed by atoms with Crippen LogP contribution in [0.1, 0.15) is 19.8 Å². The maximum Gasteiger partial charge on any atom is 0.422 e. The fraction of sp³-hybridized carbons (Fsp3) is 0.444. The van der Waals surface area contributed by atoms with Crippen LogP contribution in [0.3, 0.4) is 0 Å². The lowest BCUT2D eigenvalue weighted by Gasteiger charge is -2.28. The van der Waals surface area contributed by atoms with Gasteiger partial charge < -0.3 is 15.4 Å². The predicted octanol–water partition coefficient (Wildman–Crippen LogP) is 2.59. The molecule has 11 heteroatoms. The van der Waals surface area contributed by atoms with E-state index in [4.69, 9.17) is 0 Å². The van der Waals surface area contributed by atoms with Gasteiger partial charge in [-0.05, 0) is 25.8 Å². The summed E-state index contributed by atoms with van der Waals surface area (Å²) in [6.45, 7) is 0.777. The van der Waals surface area contributed by atoms with Gasteiger partial charge in [0.2, 0.25) is 11.8 Å². The summed E-state index contributed by atoms with van der Waals surface area (Å²) in [6.07, 6.45) is 3.51. The molecule has 1 unspecified atom stereocenters. The summed E-state index contributed by atoms with van der Waals surface area (Å²) in [6, 6.07) is 1.74. The average Bonchev–Trinajstić information content (AvgIpc) is 3.41. The topological polar surface area (TPSA) is 93.4 Å². The van der Waals surface area contributed by atoms with E-state index in [1.54, 1.807) is 23.1 Å². The van der Waals surface area contributed by atoms with Gasteiger partial charge in [0.1, 0.15) is 5.82 Å². The predicted molar refractivity (Wildman–Crippen MR) is 99.0 cm³/mol. The highest BCUT2D eigenvalue weighted by molar-refractivity contribution is 6.00. The minimum Gasteiger partial charge on any atom is -0.467 e. The molecule has 2 aliphatic rings. The van der Waals surface area contributed by atoms with Gasteiger partial charge in [-0.25, -0.2) is 9.98 Å². The molecule has 1 atom stereocenters. The Morgan fingerprint density at radius 3 is 2.90 bits per heavy atom. The lowest BCUT2D eigenvalue weighted by atomic mass is 10.0. The zero-order valence-corrected chi connectivity index (χ0v) is 15.5. The van der Waals surface area contributed by atoms with Crippen LogP contribution < -0.4 is 10.6 Å². The second kappa shape index (κ2) is 7.05. The quantitative estimate of drug-likeness (QED) is 0.767. The summed E-state index contributed by atoms with van der Waals surface area (Å²) >= 11 is 0. The third-order valence-electron chi connectivity index (χ3n) is 4.55. The molecule has 1 aliphatic carbocycles. The van der Waals surface area contributed by atoms with Crippen molar-refractivity contribution in [2.45, 2.75) is 38.0 Å². The maximum atomic E-state index is 12.2. The Hall–Kier alpha value is -3.11. The van der Waals surface area contributed by atoms with Crippen LogP contribution in [0.4, 0.5) is 19.0 Å². The summed E-state index contributed by atoms with van der Waals surface area (Å²) in [5.41, 5.74) is -0.00923. The van der Waals surface area contributed by atoms with Crippen LogP contribution >= 0.6 is 0 Å². The van der Waals surface area contributed by atoms with E-state index in [-0.39, 0.29) is 17.7 Å². The van der Waals surface area contributed by atoms with Crippen LogP contribution in [0.2, 0.25) is 0 Å². The molecule has 0 saturated heterocycles. The van der Waals surface area contributed by atoms with Gasteiger partial charge in [-0.2, -0.15) is 18.3 Å². The smallest absolute Gasteiger partial charge is 0.422 e. The first-order valence-corrected chi connectivity index (χ1v) is 9.06. The summed E-state index contributed by atoms with van der Waals surface area (Å²) in [5.74, 6) is 0.343. The molecule has 8 nitrogen and oxygen atoms in total.